The van der Waals surface area contributed by atoms with Crippen LogP contribution in [0.2, 0.25) is 5.02 Å². The third-order valence-electron chi connectivity index (χ3n) is 7.22. The number of piperazine rings is 1. The van der Waals surface area contributed by atoms with Gasteiger partial charge in [-0.25, -0.2) is 4.98 Å². The third-order valence-corrected chi connectivity index (χ3v) is 8.63. The molecule has 2 aliphatic rings. The Labute approximate surface area is 235 Å². The van der Waals surface area contributed by atoms with Crippen molar-refractivity contribution in [2.24, 2.45) is 0 Å². The van der Waals surface area contributed by atoms with E-state index < -0.39 is 10.2 Å². The summed E-state index contributed by atoms with van der Waals surface area (Å²) in [5.41, 5.74) is 6.30. The Balaban J connectivity index is 1.29. The Morgan fingerprint density at radius 3 is 2.33 bits per heavy atom. The lowest BCUT2D eigenvalue weighted by Gasteiger charge is -2.35. The first-order chi connectivity index (χ1) is 18.6. The minimum absolute atomic E-state index is 0.0337. The highest BCUT2D eigenvalue weighted by Gasteiger charge is 2.27. The van der Waals surface area contributed by atoms with Crippen molar-refractivity contribution in [1.29, 1.82) is 0 Å². The maximum Gasteiger partial charge on any atom is 0.299 e. The monoisotopic (exact) mass is 570 g/mol. The summed E-state index contributed by atoms with van der Waals surface area (Å²) in [5, 5.41) is 6.94. The smallest absolute Gasteiger partial charge is 0.299 e. The van der Waals surface area contributed by atoms with Crippen LogP contribution in [0.15, 0.2) is 36.5 Å². The molecule has 39 heavy (non-hydrogen) atoms. The first-order valence-electron chi connectivity index (χ1n) is 13.1. The molecule has 0 spiro atoms. The van der Waals surface area contributed by atoms with Crippen LogP contribution < -0.4 is 25.0 Å². The van der Waals surface area contributed by atoms with Crippen molar-refractivity contribution in [3.05, 3.63) is 58.2 Å². The van der Waals surface area contributed by atoms with Gasteiger partial charge in [-0.2, -0.15) is 18.1 Å². The van der Waals surface area contributed by atoms with Crippen molar-refractivity contribution in [3.8, 4) is 0 Å². The molecule has 208 valence electrons. The van der Waals surface area contributed by atoms with Crippen LogP contribution in [0.5, 0.6) is 0 Å². The topological polar surface area (TPSA) is 115 Å². The molecule has 0 radical (unpaired) electrons. The number of rotatable bonds is 9. The summed E-state index contributed by atoms with van der Waals surface area (Å²) < 4.78 is 30.0. The zero-order chi connectivity index (χ0) is 27.7. The molecule has 1 aliphatic carbocycles. The van der Waals surface area contributed by atoms with Crippen LogP contribution >= 0.6 is 11.6 Å². The molecule has 2 fully saturated rings. The van der Waals surface area contributed by atoms with E-state index in [4.69, 9.17) is 11.6 Å². The number of nitrogens with zero attached hydrogens (tertiary/aromatic N) is 4. The number of hydrogen-bond donors (Lipinski definition) is 4. The van der Waals surface area contributed by atoms with E-state index in [1.165, 1.54) is 11.3 Å². The summed E-state index contributed by atoms with van der Waals surface area (Å²) >= 11 is 6.43. The lowest BCUT2D eigenvalue weighted by atomic mass is 10.1. The predicted octanol–water partition coefficient (Wildman–Crippen LogP) is 4.70. The fourth-order valence-corrected chi connectivity index (χ4v) is 5.95. The van der Waals surface area contributed by atoms with E-state index in [0.717, 1.165) is 61.5 Å². The summed E-state index contributed by atoms with van der Waals surface area (Å²) in [7, 11) is -1.46. The molecule has 10 nitrogen and oxygen atoms in total. The standard InChI is InChI=1S/C27H35ClN8O2S/c1-17-15-21(7-10-25(17)36-13-11-35(4)12-14-36)30-27-29-16-22(28)26(32-27)31-23-8-9-24(19(3)18(23)2)34-39(37,38)33-20-5-6-20/h7-10,15-16,20,33-34H,5-6,11-14H2,1-4H3,(H2,29,30,31,32). The molecule has 0 amide bonds. The fraction of sp³-hybridized carbons (Fsp3) is 0.407. The van der Waals surface area contributed by atoms with Crippen LogP contribution in [0.3, 0.4) is 0 Å². The van der Waals surface area contributed by atoms with Crippen LogP contribution in [0.25, 0.3) is 0 Å². The molecule has 2 heterocycles. The third kappa shape index (κ3) is 6.73. The highest BCUT2D eigenvalue weighted by Crippen LogP contribution is 2.32. The molecule has 1 saturated heterocycles. The molecule has 3 aromatic rings. The zero-order valence-corrected chi connectivity index (χ0v) is 24.2. The van der Waals surface area contributed by atoms with E-state index in [-0.39, 0.29) is 6.04 Å². The summed E-state index contributed by atoms with van der Waals surface area (Å²) in [6, 6.07) is 9.85. The van der Waals surface area contributed by atoms with Crippen LogP contribution in [0.4, 0.5) is 34.5 Å². The van der Waals surface area contributed by atoms with Crippen molar-refractivity contribution in [1.82, 2.24) is 19.6 Å². The van der Waals surface area contributed by atoms with Gasteiger partial charge in [0, 0.05) is 49.3 Å². The molecule has 4 N–H and O–H groups in total. The average Bonchev–Trinajstić information content (AvgIpc) is 3.70. The second kappa shape index (κ2) is 11.2. The van der Waals surface area contributed by atoms with Gasteiger partial charge < -0.3 is 20.4 Å². The van der Waals surface area contributed by atoms with Gasteiger partial charge in [0.2, 0.25) is 5.95 Å². The summed E-state index contributed by atoms with van der Waals surface area (Å²) in [5.74, 6) is 0.865. The Kier molecular flexibility index (Phi) is 7.86. The van der Waals surface area contributed by atoms with E-state index in [1.807, 2.05) is 26.0 Å². The molecule has 1 aromatic heterocycles. The summed E-state index contributed by atoms with van der Waals surface area (Å²) in [6.45, 7) is 10.1. The quantitative estimate of drug-likeness (QED) is 0.293. The van der Waals surface area contributed by atoms with Crippen molar-refractivity contribution in [2.45, 2.75) is 39.7 Å². The number of likely N-dealkylation sites (N-methyl/N-ethyl adjacent to an activating group) is 1. The lowest BCUT2D eigenvalue weighted by molar-refractivity contribution is 0.312. The van der Waals surface area contributed by atoms with E-state index >= 15 is 0 Å². The highest BCUT2D eigenvalue weighted by atomic mass is 35.5. The molecular formula is C27H35ClN8O2S. The molecule has 0 atom stereocenters. The maximum absolute atomic E-state index is 12.4. The van der Waals surface area contributed by atoms with Crippen LogP contribution in [-0.4, -0.2) is 62.6 Å². The Hall–Kier alpha value is -3.12. The number of aryl methyl sites for hydroxylation is 1. The summed E-state index contributed by atoms with van der Waals surface area (Å²) in [4.78, 5) is 13.7. The normalized spacial score (nSPS) is 16.3. The molecule has 1 aliphatic heterocycles. The fourth-order valence-electron chi connectivity index (χ4n) is 4.57. The second-order valence-electron chi connectivity index (χ2n) is 10.3. The van der Waals surface area contributed by atoms with Gasteiger partial charge in [0.1, 0.15) is 5.02 Å². The Bertz CT molecular complexity index is 1470. The van der Waals surface area contributed by atoms with Crippen molar-refractivity contribution in [3.63, 3.8) is 0 Å². The molecule has 1 saturated carbocycles. The number of aromatic nitrogens is 2. The van der Waals surface area contributed by atoms with Crippen LogP contribution in [-0.2, 0) is 10.2 Å². The van der Waals surface area contributed by atoms with Crippen molar-refractivity contribution >= 4 is 56.3 Å². The van der Waals surface area contributed by atoms with Gasteiger partial charge in [0.15, 0.2) is 5.82 Å². The molecule has 12 heteroatoms. The number of halogens is 1. The van der Waals surface area contributed by atoms with Crippen molar-refractivity contribution in [2.75, 3.05) is 53.5 Å². The minimum Gasteiger partial charge on any atom is -0.369 e. The van der Waals surface area contributed by atoms with Crippen LogP contribution in [0.1, 0.15) is 29.5 Å². The maximum atomic E-state index is 12.4. The molecule has 0 bridgehead atoms. The van der Waals surface area contributed by atoms with Crippen molar-refractivity contribution < 1.29 is 8.42 Å². The molecule has 0 unspecified atom stereocenters. The van der Waals surface area contributed by atoms with E-state index in [1.54, 1.807) is 12.3 Å². The molecular weight excluding hydrogens is 536 g/mol. The molecule has 5 rings (SSSR count). The Morgan fingerprint density at radius 1 is 0.949 bits per heavy atom. The van der Waals surface area contributed by atoms with Gasteiger partial charge in [-0.15, -0.1) is 0 Å². The van der Waals surface area contributed by atoms with Gasteiger partial charge in [-0.1, -0.05) is 11.6 Å². The van der Waals surface area contributed by atoms with Gasteiger partial charge in [-0.05, 0) is 87.7 Å². The van der Waals surface area contributed by atoms with E-state index in [0.29, 0.717) is 22.5 Å². The predicted molar refractivity (Wildman–Crippen MR) is 159 cm³/mol. The van der Waals surface area contributed by atoms with E-state index in [9.17, 15) is 8.42 Å². The second-order valence-corrected chi connectivity index (χ2v) is 12.2. The SMILES string of the molecule is Cc1cc(Nc2ncc(Cl)c(Nc3ccc(NS(=O)(=O)NC4CC4)c(C)c3C)n2)ccc1N1CCN(C)CC1. The number of anilines is 6. The van der Waals surface area contributed by atoms with Gasteiger partial charge >= 0.3 is 0 Å². The first kappa shape index (κ1) is 27.4. The largest absolute Gasteiger partial charge is 0.369 e. The number of nitrogens with one attached hydrogen (secondary N) is 4. The van der Waals surface area contributed by atoms with E-state index in [2.05, 4.69) is 65.9 Å². The molecule has 2 aromatic carbocycles. The highest BCUT2D eigenvalue weighted by molar-refractivity contribution is 7.90. The lowest BCUT2D eigenvalue weighted by Crippen LogP contribution is -2.44. The van der Waals surface area contributed by atoms with Gasteiger partial charge in [0.25, 0.3) is 10.2 Å². The number of hydrogen-bond acceptors (Lipinski definition) is 8. The minimum atomic E-state index is -3.61. The first-order valence-corrected chi connectivity index (χ1v) is 14.9. The Morgan fingerprint density at radius 2 is 1.64 bits per heavy atom. The van der Waals surface area contributed by atoms with Gasteiger partial charge in [-0.3, -0.25) is 4.72 Å². The van der Waals surface area contributed by atoms with Crippen LogP contribution in [0, 0.1) is 20.8 Å². The zero-order valence-electron chi connectivity index (χ0n) is 22.7. The summed E-state index contributed by atoms with van der Waals surface area (Å²) in [6.07, 6.45) is 3.30. The average molecular weight is 571 g/mol. The number of benzene rings is 2. The van der Waals surface area contributed by atoms with Gasteiger partial charge in [0.05, 0.1) is 11.9 Å².